The van der Waals surface area contributed by atoms with E-state index in [1.165, 1.54) is 18.3 Å². The number of rotatable bonds is 11. The van der Waals surface area contributed by atoms with Gasteiger partial charge in [0, 0.05) is 29.2 Å². The Hall–Kier alpha value is -4.38. The molecule has 11 nitrogen and oxygen atoms in total. The first-order valence-electron chi connectivity index (χ1n) is 14.9. The van der Waals surface area contributed by atoms with Crippen LogP contribution >= 0.6 is 11.6 Å². The van der Waals surface area contributed by atoms with Gasteiger partial charge in [0.2, 0.25) is 0 Å². The summed E-state index contributed by atoms with van der Waals surface area (Å²) in [6.45, 7) is -1.53. The second-order valence-electron chi connectivity index (χ2n) is 11.0. The minimum Gasteiger partial charge on any atom is -0.452 e. The third-order valence-electron chi connectivity index (χ3n) is 7.60. The van der Waals surface area contributed by atoms with Crippen molar-refractivity contribution < 1.29 is 50.5 Å². The number of carbonyl (C=O) groups excluding carboxylic acids is 3. The van der Waals surface area contributed by atoms with E-state index < -0.39 is 66.6 Å². The zero-order chi connectivity index (χ0) is 35.7. The monoisotopic (exact) mass is 713 g/mol. The largest absolute Gasteiger partial charge is 0.452 e. The molecule has 0 spiro atoms. The second kappa shape index (κ2) is 16.8. The molecule has 0 bridgehead atoms. The number of aromatic nitrogens is 1. The molecule has 1 fully saturated rings. The smallest absolute Gasteiger partial charge is 0.420 e. The van der Waals surface area contributed by atoms with Crippen molar-refractivity contribution in [3.05, 3.63) is 94.3 Å². The fourth-order valence-electron chi connectivity index (χ4n) is 5.24. The van der Waals surface area contributed by atoms with Gasteiger partial charge < -0.3 is 30.6 Å². The highest BCUT2D eigenvalue weighted by Crippen LogP contribution is 2.32. The van der Waals surface area contributed by atoms with E-state index in [-0.39, 0.29) is 49.4 Å². The lowest BCUT2D eigenvalue weighted by molar-refractivity contribution is -0.124. The third kappa shape index (κ3) is 10.3. The van der Waals surface area contributed by atoms with E-state index in [1.807, 2.05) is 0 Å². The van der Waals surface area contributed by atoms with E-state index in [9.17, 15) is 31.9 Å². The van der Waals surface area contributed by atoms with Crippen molar-refractivity contribution in [2.45, 2.75) is 43.1 Å². The van der Waals surface area contributed by atoms with E-state index in [4.69, 9.17) is 31.5 Å². The molecular weight excluding hydrogens is 681 g/mol. The Balaban J connectivity index is 1.49. The van der Waals surface area contributed by atoms with Gasteiger partial charge in [-0.15, -0.1) is 0 Å². The lowest BCUT2D eigenvalue weighted by atomic mass is 9.85. The number of nitrogens with two attached hydrogens (primary N) is 1. The Kier molecular flexibility index (Phi) is 12.9. The van der Waals surface area contributed by atoms with Crippen molar-refractivity contribution in [1.82, 2.24) is 15.6 Å². The van der Waals surface area contributed by atoms with Crippen molar-refractivity contribution in [2.24, 2.45) is 5.73 Å². The van der Waals surface area contributed by atoms with Crippen LogP contribution in [-0.4, -0.2) is 80.9 Å². The van der Waals surface area contributed by atoms with Gasteiger partial charge in [-0.25, -0.2) is 23.3 Å². The summed E-state index contributed by atoms with van der Waals surface area (Å²) in [6, 6.07) is 9.28. The minimum atomic E-state index is -4.58. The van der Waals surface area contributed by atoms with Gasteiger partial charge in [0.1, 0.15) is 24.8 Å². The Bertz CT molecular complexity index is 1610. The number of carbonyl (C=O) groups is 3. The van der Waals surface area contributed by atoms with Crippen molar-refractivity contribution in [2.75, 3.05) is 38.3 Å². The molecular formula is C32H33ClF5N5O6. The summed E-state index contributed by atoms with van der Waals surface area (Å²) in [4.78, 5) is 43.3. The van der Waals surface area contributed by atoms with Gasteiger partial charge >= 0.3 is 18.4 Å². The predicted molar refractivity (Wildman–Crippen MR) is 167 cm³/mol. The fraction of sp³-hybridized carbons (Fsp3) is 0.375. The van der Waals surface area contributed by atoms with Crippen LogP contribution < -0.4 is 21.3 Å². The van der Waals surface area contributed by atoms with Crippen LogP contribution in [0.15, 0.2) is 60.9 Å². The van der Waals surface area contributed by atoms with Crippen LogP contribution in [0.4, 0.5) is 37.2 Å². The first-order valence-corrected chi connectivity index (χ1v) is 15.3. The number of ether oxygens (including phenoxy) is 3. The van der Waals surface area contributed by atoms with Crippen LogP contribution in [0.2, 0.25) is 5.02 Å². The van der Waals surface area contributed by atoms with Gasteiger partial charge in [-0.2, -0.15) is 13.2 Å². The van der Waals surface area contributed by atoms with E-state index >= 15 is 4.39 Å². The maximum atomic E-state index is 15.4. The lowest BCUT2D eigenvalue weighted by Crippen LogP contribution is -2.50. The van der Waals surface area contributed by atoms with Crippen molar-refractivity contribution >= 4 is 35.4 Å². The van der Waals surface area contributed by atoms with Crippen molar-refractivity contribution in [1.29, 1.82) is 0 Å². The minimum absolute atomic E-state index is 0.0141. The summed E-state index contributed by atoms with van der Waals surface area (Å²) < 4.78 is 81.9. The van der Waals surface area contributed by atoms with Gasteiger partial charge in [-0.1, -0.05) is 29.8 Å². The van der Waals surface area contributed by atoms with Crippen LogP contribution in [0.25, 0.3) is 0 Å². The summed E-state index contributed by atoms with van der Waals surface area (Å²) in [5.74, 6) is -3.39. The molecule has 1 aliphatic heterocycles. The average molecular weight is 714 g/mol. The second-order valence-corrected chi connectivity index (χ2v) is 11.5. The number of hydrogen-bond acceptors (Lipinski definition) is 9. The number of imide groups is 1. The molecule has 1 saturated heterocycles. The first-order chi connectivity index (χ1) is 23.3. The topological polar surface area (TPSA) is 145 Å². The highest BCUT2D eigenvalue weighted by Gasteiger charge is 2.37. The molecule has 264 valence electrons. The quantitative estimate of drug-likeness (QED) is 0.238. The van der Waals surface area contributed by atoms with Crippen LogP contribution in [0.5, 0.6) is 0 Å². The number of morpholine rings is 1. The average Bonchev–Trinajstić information content (AvgIpc) is 3.07. The number of nitrogens with one attached hydrogen (secondary N) is 2. The number of anilines is 1. The molecule has 4 atom stereocenters. The van der Waals surface area contributed by atoms with Gasteiger partial charge in [0.15, 0.2) is 0 Å². The van der Waals surface area contributed by atoms with Crippen molar-refractivity contribution in [3.8, 4) is 0 Å². The Morgan fingerprint density at radius 3 is 2.51 bits per heavy atom. The zero-order valence-corrected chi connectivity index (χ0v) is 26.8. The van der Waals surface area contributed by atoms with E-state index in [0.717, 1.165) is 25.4 Å². The molecule has 0 unspecified atom stereocenters. The number of hydrogen-bond donors (Lipinski definition) is 3. The lowest BCUT2D eigenvalue weighted by Gasteiger charge is -2.31. The highest BCUT2D eigenvalue weighted by atomic mass is 35.5. The number of methoxy groups -OCH3 is 1. The summed E-state index contributed by atoms with van der Waals surface area (Å²) in [7, 11) is 1.04. The van der Waals surface area contributed by atoms with Gasteiger partial charge in [0.05, 0.1) is 43.8 Å². The molecule has 3 amide bonds. The van der Waals surface area contributed by atoms with Crippen LogP contribution in [0.3, 0.4) is 0 Å². The number of pyridine rings is 1. The summed E-state index contributed by atoms with van der Waals surface area (Å²) in [6.07, 6.45) is -4.93. The molecule has 1 aromatic heterocycles. The molecule has 0 aliphatic carbocycles. The Morgan fingerprint density at radius 1 is 1.14 bits per heavy atom. The van der Waals surface area contributed by atoms with Crippen LogP contribution in [0.1, 0.15) is 29.0 Å². The van der Waals surface area contributed by atoms with Crippen LogP contribution in [-0.2, 0) is 25.4 Å². The molecule has 17 heteroatoms. The third-order valence-corrected chi connectivity index (χ3v) is 7.86. The molecule has 2 heterocycles. The summed E-state index contributed by atoms with van der Waals surface area (Å²) >= 11 is 6.05. The molecule has 4 N–H and O–H groups in total. The van der Waals surface area contributed by atoms with E-state index in [2.05, 4.69) is 10.3 Å². The number of halogens is 6. The molecule has 2 aromatic carbocycles. The fourth-order valence-corrected chi connectivity index (χ4v) is 5.36. The zero-order valence-electron chi connectivity index (χ0n) is 26.0. The van der Waals surface area contributed by atoms with Crippen molar-refractivity contribution in [3.63, 3.8) is 0 Å². The standard InChI is InChI=1S/C32H33ClF5N5O6/c1-47-31(46)43(29(44)28(39)27(18-5-7-20(33)8-6-18)19-11-21(34)13-40-12-19)26-4-2-3-25(35)24(26)10-9-23-14-41-22(15-48-23)16-49-30(45)42-17-32(36,37)38/h2-8,11-13,22-23,27-28,41H,9-10,14-17,39H2,1H3,(H,42,45)/t22-,23+,27-,28-/m0/s1. The predicted octanol–water partition coefficient (Wildman–Crippen LogP) is 4.85. The van der Waals surface area contributed by atoms with Gasteiger partial charge in [-0.3, -0.25) is 9.78 Å². The highest BCUT2D eigenvalue weighted by molar-refractivity contribution is 6.30. The maximum absolute atomic E-state index is 15.4. The molecule has 49 heavy (non-hydrogen) atoms. The first kappa shape index (κ1) is 37.4. The summed E-state index contributed by atoms with van der Waals surface area (Å²) in [5.41, 5.74) is 7.09. The van der Waals surface area contributed by atoms with E-state index in [1.54, 1.807) is 29.6 Å². The normalized spacial score (nSPS) is 17.5. The van der Waals surface area contributed by atoms with E-state index in [0.29, 0.717) is 15.5 Å². The Morgan fingerprint density at radius 2 is 1.88 bits per heavy atom. The molecule has 0 radical (unpaired) electrons. The number of amides is 3. The molecule has 0 saturated carbocycles. The number of alkyl carbamates (subject to hydrolysis) is 1. The van der Waals surface area contributed by atoms with Gasteiger partial charge in [-0.05, 0) is 54.3 Å². The molecule has 3 aromatic rings. The maximum Gasteiger partial charge on any atom is 0.420 e. The van der Waals surface area contributed by atoms with Crippen LogP contribution in [0, 0.1) is 11.6 Å². The molecule has 4 rings (SSSR count). The number of benzene rings is 2. The number of nitrogens with zero attached hydrogens (tertiary/aromatic N) is 2. The number of alkyl halides is 3. The van der Waals surface area contributed by atoms with Gasteiger partial charge in [0.25, 0.3) is 5.91 Å². The summed E-state index contributed by atoms with van der Waals surface area (Å²) in [5, 5.41) is 5.05. The molecule has 1 aliphatic rings. The Labute approximate surface area is 282 Å². The SMILES string of the molecule is COC(=O)N(C(=O)[C@@H](N)[C@@H](c1ccc(Cl)cc1)c1cncc(F)c1)c1cccc(F)c1CC[C@@H]1CN[C@H](COC(=O)NCC(F)(F)F)CO1.